The van der Waals surface area contributed by atoms with Gasteiger partial charge in [-0.2, -0.15) is 0 Å². The van der Waals surface area contributed by atoms with E-state index in [4.69, 9.17) is 4.98 Å². The molecule has 0 N–H and O–H groups in total. The molecule has 0 unspecified atom stereocenters. The van der Waals surface area contributed by atoms with Crippen LogP contribution in [0.25, 0.3) is 10.2 Å². The summed E-state index contributed by atoms with van der Waals surface area (Å²) in [5, 5.41) is 1.56. The number of amides is 1. The highest BCUT2D eigenvalue weighted by molar-refractivity contribution is 7.99. The maximum atomic E-state index is 13.8. The van der Waals surface area contributed by atoms with Crippen LogP contribution in [-0.4, -0.2) is 27.8 Å². The van der Waals surface area contributed by atoms with Crippen LogP contribution in [0.15, 0.2) is 34.2 Å². The van der Waals surface area contributed by atoms with E-state index < -0.39 is 0 Å². The number of rotatable bonds is 10. The van der Waals surface area contributed by atoms with Gasteiger partial charge in [0.1, 0.15) is 4.83 Å². The number of nitrogens with zero attached hydrogens (tertiary/aromatic N) is 3. The van der Waals surface area contributed by atoms with E-state index in [-0.39, 0.29) is 11.5 Å². The van der Waals surface area contributed by atoms with Crippen LogP contribution in [0.1, 0.15) is 80.7 Å². The summed E-state index contributed by atoms with van der Waals surface area (Å²) < 4.78 is 1.88. The van der Waals surface area contributed by atoms with E-state index >= 15 is 0 Å². The van der Waals surface area contributed by atoms with Gasteiger partial charge in [0, 0.05) is 23.7 Å². The van der Waals surface area contributed by atoms with Crippen molar-refractivity contribution in [3.8, 4) is 0 Å². The first-order valence-electron chi connectivity index (χ1n) is 13.7. The van der Waals surface area contributed by atoms with Crippen molar-refractivity contribution in [2.45, 2.75) is 95.7 Å². The van der Waals surface area contributed by atoms with E-state index in [0.29, 0.717) is 17.5 Å². The number of fused-ring (bicyclic) bond motifs is 4. The van der Waals surface area contributed by atoms with Crippen molar-refractivity contribution in [2.24, 2.45) is 0 Å². The zero-order valence-electron chi connectivity index (χ0n) is 21.4. The molecule has 0 bridgehead atoms. The summed E-state index contributed by atoms with van der Waals surface area (Å²) in [5.74, 6) is 0.395. The highest BCUT2D eigenvalue weighted by Gasteiger charge is 2.25. The minimum Gasteiger partial charge on any atom is -0.311 e. The number of hydrogen-bond acceptors (Lipinski definition) is 5. The van der Waals surface area contributed by atoms with Crippen LogP contribution in [-0.2, 0) is 30.6 Å². The van der Waals surface area contributed by atoms with Gasteiger partial charge in [0.2, 0.25) is 5.91 Å². The van der Waals surface area contributed by atoms with Crippen molar-refractivity contribution >= 4 is 44.9 Å². The SMILES string of the molecule is CCCCCCCCn1c(SCC(=O)N2CCCc3ccccc32)nc2sc3c(c2c1=O)CCCC3. The number of thiophene rings is 1. The predicted octanol–water partition coefficient (Wildman–Crippen LogP) is 6.77. The summed E-state index contributed by atoms with van der Waals surface area (Å²) in [6.07, 6.45) is 13.5. The zero-order chi connectivity index (χ0) is 24.9. The van der Waals surface area contributed by atoms with Crippen LogP contribution in [0, 0.1) is 0 Å². The summed E-state index contributed by atoms with van der Waals surface area (Å²) in [7, 11) is 0. The summed E-state index contributed by atoms with van der Waals surface area (Å²) in [5.41, 5.74) is 3.62. The van der Waals surface area contributed by atoms with Crippen molar-refractivity contribution in [3.05, 3.63) is 50.6 Å². The second-order valence-corrected chi connectivity index (χ2v) is 12.1. The zero-order valence-corrected chi connectivity index (χ0v) is 23.0. The Hall–Kier alpha value is -2.12. The van der Waals surface area contributed by atoms with Crippen molar-refractivity contribution in [1.82, 2.24) is 9.55 Å². The van der Waals surface area contributed by atoms with Crippen molar-refractivity contribution < 1.29 is 4.79 Å². The average Bonchev–Trinajstić information content (AvgIpc) is 3.28. The molecule has 192 valence electrons. The fourth-order valence-electron chi connectivity index (χ4n) is 5.57. The highest BCUT2D eigenvalue weighted by Crippen LogP contribution is 2.35. The third-order valence-electron chi connectivity index (χ3n) is 7.51. The monoisotopic (exact) mass is 523 g/mol. The summed E-state index contributed by atoms with van der Waals surface area (Å²) >= 11 is 3.13. The molecule has 3 heterocycles. The van der Waals surface area contributed by atoms with E-state index in [9.17, 15) is 9.59 Å². The largest absolute Gasteiger partial charge is 0.311 e. The molecule has 7 heteroatoms. The second kappa shape index (κ2) is 12.0. The number of unbranched alkanes of at least 4 members (excludes halogenated alkanes) is 5. The lowest BCUT2D eigenvalue weighted by Crippen LogP contribution is -2.36. The summed E-state index contributed by atoms with van der Waals surface area (Å²) in [6, 6.07) is 8.21. The molecule has 5 nitrogen and oxygen atoms in total. The van der Waals surface area contributed by atoms with Gasteiger partial charge < -0.3 is 4.90 Å². The van der Waals surface area contributed by atoms with Crippen LogP contribution in [0.3, 0.4) is 0 Å². The molecule has 0 saturated heterocycles. The van der Waals surface area contributed by atoms with Crippen LogP contribution < -0.4 is 10.5 Å². The fraction of sp³-hybridized carbons (Fsp3) is 0.552. The number of aryl methyl sites for hydroxylation is 3. The minimum absolute atomic E-state index is 0.0954. The van der Waals surface area contributed by atoms with Gasteiger partial charge in [-0.05, 0) is 62.1 Å². The van der Waals surface area contributed by atoms with Crippen molar-refractivity contribution in [2.75, 3.05) is 17.2 Å². The third kappa shape index (κ3) is 5.42. The number of benzene rings is 1. The first-order valence-corrected chi connectivity index (χ1v) is 15.5. The lowest BCUT2D eigenvalue weighted by atomic mass is 9.97. The van der Waals surface area contributed by atoms with Gasteiger partial charge in [-0.1, -0.05) is 69.0 Å². The number of hydrogen-bond donors (Lipinski definition) is 0. The average molecular weight is 524 g/mol. The molecule has 3 aromatic rings. The molecule has 0 spiro atoms. The molecule has 2 aliphatic rings. The molecule has 1 aromatic carbocycles. The van der Waals surface area contributed by atoms with Gasteiger partial charge >= 0.3 is 0 Å². The van der Waals surface area contributed by atoms with E-state index in [1.807, 2.05) is 27.7 Å². The Morgan fingerprint density at radius 1 is 1.03 bits per heavy atom. The molecule has 5 rings (SSSR count). The molecular formula is C29H37N3O2S2. The van der Waals surface area contributed by atoms with Gasteiger partial charge in [-0.3, -0.25) is 14.2 Å². The van der Waals surface area contributed by atoms with Crippen molar-refractivity contribution in [3.63, 3.8) is 0 Å². The molecule has 1 aliphatic heterocycles. The topological polar surface area (TPSA) is 55.2 Å². The molecule has 0 radical (unpaired) electrons. The van der Waals surface area contributed by atoms with E-state index in [0.717, 1.165) is 67.4 Å². The second-order valence-electron chi connectivity index (χ2n) is 10.1. The van der Waals surface area contributed by atoms with Gasteiger partial charge in [-0.25, -0.2) is 4.98 Å². The van der Waals surface area contributed by atoms with E-state index in [1.54, 1.807) is 11.3 Å². The molecule has 0 atom stereocenters. The molecular weight excluding hydrogens is 486 g/mol. The lowest BCUT2D eigenvalue weighted by molar-refractivity contribution is -0.116. The Bertz CT molecular complexity index is 1280. The Kier molecular flexibility index (Phi) is 8.47. The molecule has 36 heavy (non-hydrogen) atoms. The normalized spacial score (nSPS) is 15.2. The highest BCUT2D eigenvalue weighted by atomic mass is 32.2. The quantitative estimate of drug-likeness (QED) is 0.167. The standard InChI is InChI=1S/C29H37N3O2S2/c1-2-3-4-5-6-11-18-32-28(34)26-22-15-8-10-17-24(22)36-27(26)30-29(32)35-20-25(33)31-19-12-14-21-13-7-9-16-23(21)31/h7,9,13,16H,2-6,8,10-12,14-15,17-20H2,1H3. The van der Waals surface area contributed by atoms with Crippen LogP contribution >= 0.6 is 23.1 Å². The number of anilines is 1. The summed E-state index contributed by atoms with van der Waals surface area (Å²) in [4.78, 5) is 36.2. The minimum atomic E-state index is 0.0954. The maximum absolute atomic E-state index is 13.8. The van der Waals surface area contributed by atoms with Gasteiger partial charge in [0.25, 0.3) is 5.56 Å². The van der Waals surface area contributed by atoms with E-state index in [2.05, 4.69) is 13.0 Å². The van der Waals surface area contributed by atoms with E-state index in [1.165, 1.54) is 59.9 Å². The third-order valence-corrected chi connectivity index (χ3v) is 9.66. The Balaban J connectivity index is 1.38. The smallest absolute Gasteiger partial charge is 0.263 e. The van der Waals surface area contributed by atoms with Crippen molar-refractivity contribution in [1.29, 1.82) is 0 Å². The molecule has 1 aliphatic carbocycles. The number of carbonyl (C=O) groups excluding carboxylic acids is 1. The number of aromatic nitrogens is 2. The predicted molar refractivity (Wildman–Crippen MR) is 152 cm³/mol. The van der Waals surface area contributed by atoms with Gasteiger partial charge in [0.05, 0.1) is 11.1 Å². The number of para-hydroxylation sites is 1. The number of carbonyl (C=O) groups is 1. The molecule has 0 saturated carbocycles. The van der Waals surface area contributed by atoms with Crippen LogP contribution in [0.2, 0.25) is 0 Å². The molecule has 1 amide bonds. The maximum Gasteiger partial charge on any atom is 0.263 e. The first kappa shape index (κ1) is 25.5. The Morgan fingerprint density at radius 3 is 2.72 bits per heavy atom. The lowest BCUT2D eigenvalue weighted by Gasteiger charge is -2.29. The van der Waals surface area contributed by atoms with Crippen LogP contribution in [0.4, 0.5) is 5.69 Å². The molecule has 0 fully saturated rings. The Labute approximate surface area is 222 Å². The van der Waals surface area contributed by atoms with Gasteiger partial charge in [0.15, 0.2) is 5.16 Å². The molecule has 2 aromatic heterocycles. The van der Waals surface area contributed by atoms with Crippen LogP contribution in [0.5, 0.6) is 0 Å². The first-order chi connectivity index (χ1) is 17.7. The number of thioether (sulfide) groups is 1. The fourth-order valence-corrected chi connectivity index (χ4v) is 7.78. The van der Waals surface area contributed by atoms with Gasteiger partial charge in [-0.15, -0.1) is 11.3 Å². The summed E-state index contributed by atoms with van der Waals surface area (Å²) in [6.45, 7) is 3.67. The Morgan fingerprint density at radius 2 is 1.83 bits per heavy atom.